The number of aromatic nitrogens is 3. The number of carbonyl (C=O) groups excluding carboxylic acids is 1. The molecule has 2 aromatic rings. The molecule has 4 rings (SSSR count). The highest BCUT2D eigenvalue weighted by molar-refractivity contribution is 5.92. The van der Waals surface area contributed by atoms with E-state index in [1.807, 2.05) is 23.2 Å². The van der Waals surface area contributed by atoms with Crippen LogP contribution in [-0.2, 0) is 9.47 Å². The quantitative estimate of drug-likeness (QED) is 0.788. The Morgan fingerprint density at radius 1 is 1.07 bits per heavy atom. The van der Waals surface area contributed by atoms with Gasteiger partial charge in [-0.15, -0.1) is 0 Å². The van der Waals surface area contributed by atoms with Gasteiger partial charge >= 0.3 is 0 Å². The number of rotatable bonds is 4. The Kier molecular flexibility index (Phi) is 5.66. The van der Waals surface area contributed by atoms with Gasteiger partial charge in [0.2, 0.25) is 0 Å². The van der Waals surface area contributed by atoms with Gasteiger partial charge < -0.3 is 14.4 Å². The summed E-state index contributed by atoms with van der Waals surface area (Å²) in [7, 11) is 0. The van der Waals surface area contributed by atoms with E-state index in [4.69, 9.17) is 9.47 Å². The van der Waals surface area contributed by atoms with Crippen LogP contribution in [0.15, 0.2) is 43.1 Å². The second kappa shape index (κ2) is 8.51. The summed E-state index contributed by atoms with van der Waals surface area (Å²) < 4.78 is 11.6. The first-order valence-electron chi connectivity index (χ1n) is 9.21. The normalized spacial score (nSPS) is 23.9. The summed E-state index contributed by atoms with van der Waals surface area (Å²) in [6.45, 7) is 4.95. The standard InChI is InChI=1S/C19H23N5O3/c25-19(16-13-21-4-5-22-16)24-8-11-27-17(14-23-6-9-26-10-7-23)18(24)15-2-1-3-20-12-15/h1-5,12-13,17-18H,6-11,14H2/t17-,18-/m0/s1. The molecule has 8 nitrogen and oxygen atoms in total. The van der Waals surface area contributed by atoms with Crippen LogP contribution in [0.25, 0.3) is 0 Å². The van der Waals surface area contributed by atoms with E-state index >= 15 is 0 Å². The number of pyridine rings is 1. The summed E-state index contributed by atoms with van der Waals surface area (Å²) in [5.41, 5.74) is 1.31. The number of ether oxygens (including phenoxy) is 2. The summed E-state index contributed by atoms with van der Waals surface area (Å²) in [5.74, 6) is -0.132. The van der Waals surface area contributed by atoms with Crippen molar-refractivity contribution in [2.75, 3.05) is 46.0 Å². The van der Waals surface area contributed by atoms with E-state index < -0.39 is 0 Å². The fourth-order valence-corrected chi connectivity index (χ4v) is 3.65. The maximum Gasteiger partial charge on any atom is 0.274 e. The van der Waals surface area contributed by atoms with Gasteiger partial charge in [0, 0.05) is 51.0 Å². The van der Waals surface area contributed by atoms with Crippen molar-refractivity contribution in [3.8, 4) is 0 Å². The molecule has 4 heterocycles. The zero-order valence-electron chi connectivity index (χ0n) is 15.1. The molecule has 2 aromatic heterocycles. The molecule has 2 fully saturated rings. The topological polar surface area (TPSA) is 80.7 Å². The lowest BCUT2D eigenvalue weighted by Crippen LogP contribution is -2.53. The van der Waals surface area contributed by atoms with Crippen molar-refractivity contribution in [2.24, 2.45) is 0 Å². The Hall–Kier alpha value is -2.42. The fraction of sp³-hybridized carbons (Fsp3) is 0.474. The Balaban J connectivity index is 1.61. The molecule has 2 aliphatic heterocycles. The second-order valence-electron chi connectivity index (χ2n) is 6.64. The highest BCUT2D eigenvalue weighted by atomic mass is 16.5. The number of morpholine rings is 2. The molecular weight excluding hydrogens is 346 g/mol. The SMILES string of the molecule is O=C(c1cnccn1)N1CCO[C@@H](CN2CCOCC2)[C@@H]1c1cccnc1. The molecule has 0 aliphatic carbocycles. The van der Waals surface area contributed by atoms with Crippen LogP contribution >= 0.6 is 0 Å². The fourth-order valence-electron chi connectivity index (χ4n) is 3.65. The molecule has 27 heavy (non-hydrogen) atoms. The zero-order valence-corrected chi connectivity index (χ0v) is 15.1. The Morgan fingerprint density at radius 2 is 1.93 bits per heavy atom. The van der Waals surface area contributed by atoms with Crippen LogP contribution in [0.4, 0.5) is 0 Å². The van der Waals surface area contributed by atoms with Crippen LogP contribution in [0.5, 0.6) is 0 Å². The van der Waals surface area contributed by atoms with Crippen molar-refractivity contribution in [1.29, 1.82) is 0 Å². The van der Waals surface area contributed by atoms with E-state index in [0.29, 0.717) is 18.8 Å². The number of amides is 1. The average molecular weight is 369 g/mol. The molecule has 0 N–H and O–H groups in total. The van der Waals surface area contributed by atoms with Gasteiger partial charge in [0.1, 0.15) is 5.69 Å². The van der Waals surface area contributed by atoms with Gasteiger partial charge in [-0.1, -0.05) is 6.07 Å². The first-order valence-corrected chi connectivity index (χ1v) is 9.21. The van der Waals surface area contributed by atoms with Gasteiger partial charge in [-0.3, -0.25) is 19.7 Å². The number of hydrogen-bond donors (Lipinski definition) is 0. The third-order valence-corrected chi connectivity index (χ3v) is 4.96. The Bertz CT molecular complexity index is 740. The van der Waals surface area contributed by atoms with E-state index in [1.54, 1.807) is 12.4 Å². The van der Waals surface area contributed by atoms with Crippen molar-refractivity contribution in [2.45, 2.75) is 12.1 Å². The first kappa shape index (κ1) is 18.0. The van der Waals surface area contributed by atoms with E-state index in [0.717, 1.165) is 38.4 Å². The summed E-state index contributed by atoms with van der Waals surface area (Å²) in [4.78, 5) is 29.8. The van der Waals surface area contributed by atoms with Crippen LogP contribution < -0.4 is 0 Å². The van der Waals surface area contributed by atoms with Crippen molar-refractivity contribution in [3.63, 3.8) is 0 Å². The molecule has 0 aromatic carbocycles. The van der Waals surface area contributed by atoms with Crippen LogP contribution in [0.3, 0.4) is 0 Å². The molecule has 0 unspecified atom stereocenters. The van der Waals surface area contributed by atoms with E-state index in [2.05, 4.69) is 19.9 Å². The molecule has 142 valence electrons. The Labute approximate surface area is 158 Å². The third-order valence-electron chi connectivity index (χ3n) is 4.96. The van der Waals surface area contributed by atoms with Gasteiger partial charge in [-0.05, 0) is 11.6 Å². The van der Waals surface area contributed by atoms with Gasteiger partial charge in [0.15, 0.2) is 0 Å². The minimum absolute atomic E-state index is 0.132. The highest BCUT2D eigenvalue weighted by Crippen LogP contribution is 2.31. The molecule has 0 spiro atoms. The molecule has 1 amide bonds. The largest absolute Gasteiger partial charge is 0.379 e. The van der Waals surface area contributed by atoms with E-state index in [1.165, 1.54) is 12.4 Å². The van der Waals surface area contributed by atoms with Crippen molar-refractivity contribution in [1.82, 2.24) is 24.8 Å². The molecule has 0 bridgehead atoms. The highest BCUT2D eigenvalue weighted by Gasteiger charge is 2.38. The number of nitrogens with zero attached hydrogens (tertiary/aromatic N) is 5. The summed E-state index contributed by atoms with van der Waals surface area (Å²) >= 11 is 0. The second-order valence-corrected chi connectivity index (χ2v) is 6.64. The molecule has 2 aliphatic rings. The lowest BCUT2D eigenvalue weighted by Gasteiger charge is -2.43. The molecule has 2 saturated heterocycles. The lowest BCUT2D eigenvalue weighted by atomic mass is 9.98. The van der Waals surface area contributed by atoms with Gasteiger partial charge in [-0.2, -0.15) is 0 Å². The van der Waals surface area contributed by atoms with E-state index in [9.17, 15) is 4.79 Å². The minimum Gasteiger partial charge on any atom is -0.379 e. The number of carbonyl (C=O) groups is 1. The molecular formula is C19H23N5O3. The smallest absolute Gasteiger partial charge is 0.274 e. The van der Waals surface area contributed by atoms with Crippen LogP contribution in [0.1, 0.15) is 22.1 Å². The molecule has 0 radical (unpaired) electrons. The van der Waals surface area contributed by atoms with Crippen molar-refractivity contribution >= 4 is 5.91 Å². The zero-order chi connectivity index (χ0) is 18.5. The van der Waals surface area contributed by atoms with Gasteiger partial charge in [-0.25, -0.2) is 4.98 Å². The number of hydrogen-bond acceptors (Lipinski definition) is 7. The molecule has 0 saturated carbocycles. The average Bonchev–Trinajstić information content (AvgIpc) is 2.75. The maximum atomic E-state index is 13.1. The van der Waals surface area contributed by atoms with Crippen molar-refractivity contribution in [3.05, 3.63) is 54.4 Å². The van der Waals surface area contributed by atoms with Crippen LogP contribution in [0.2, 0.25) is 0 Å². The van der Waals surface area contributed by atoms with Crippen molar-refractivity contribution < 1.29 is 14.3 Å². The maximum absolute atomic E-state index is 13.1. The predicted molar refractivity (Wildman–Crippen MR) is 97.0 cm³/mol. The monoisotopic (exact) mass is 369 g/mol. The van der Waals surface area contributed by atoms with Gasteiger partial charge in [0.05, 0.1) is 38.2 Å². The van der Waals surface area contributed by atoms with Crippen LogP contribution in [-0.4, -0.2) is 82.8 Å². The van der Waals surface area contributed by atoms with Gasteiger partial charge in [0.25, 0.3) is 5.91 Å². The first-order chi connectivity index (χ1) is 13.3. The summed E-state index contributed by atoms with van der Waals surface area (Å²) in [5, 5.41) is 0. The predicted octanol–water partition coefficient (Wildman–Crippen LogP) is 0.786. The Morgan fingerprint density at radius 3 is 2.67 bits per heavy atom. The minimum atomic E-state index is -0.218. The summed E-state index contributed by atoms with van der Waals surface area (Å²) in [6.07, 6.45) is 8.02. The van der Waals surface area contributed by atoms with E-state index in [-0.39, 0.29) is 18.1 Å². The third kappa shape index (κ3) is 4.13. The molecule has 8 heteroatoms. The summed E-state index contributed by atoms with van der Waals surface area (Å²) in [6, 6.07) is 3.67. The van der Waals surface area contributed by atoms with Crippen LogP contribution in [0, 0.1) is 0 Å². The molecule has 2 atom stereocenters. The lowest BCUT2D eigenvalue weighted by molar-refractivity contribution is -0.0820.